The van der Waals surface area contributed by atoms with E-state index in [0.717, 1.165) is 10.7 Å². The van der Waals surface area contributed by atoms with E-state index in [1.165, 1.54) is 0 Å². The standard InChI is InChI=1S/C11H16N4O2S/c1-3-13-9(16)7-12-6-8-10(17-2)14-11-15(8)4-5-18-11/h4-5,12H,3,6-7H2,1-2H3,(H,13,16). The molecule has 98 valence electrons. The van der Waals surface area contributed by atoms with Crippen LogP contribution in [0.15, 0.2) is 11.6 Å². The van der Waals surface area contributed by atoms with E-state index in [9.17, 15) is 4.79 Å². The number of thiazole rings is 1. The molecule has 0 aromatic carbocycles. The van der Waals surface area contributed by atoms with Gasteiger partial charge < -0.3 is 15.4 Å². The maximum atomic E-state index is 11.3. The van der Waals surface area contributed by atoms with Crippen LogP contribution in [0, 0.1) is 0 Å². The lowest BCUT2D eigenvalue weighted by molar-refractivity contribution is -0.120. The lowest BCUT2D eigenvalue weighted by Gasteiger charge is -2.05. The van der Waals surface area contributed by atoms with Crippen LogP contribution in [0.4, 0.5) is 0 Å². The molecular weight excluding hydrogens is 252 g/mol. The Labute approximate surface area is 109 Å². The molecule has 0 aliphatic heterocycles. The molecule has 0 atom stereocenters. The number of likely N-dealkylation sites (N-methyl/N-ethyl adjacent to an activating group) is 1. The van der Waals surface area contributed by atoms with Gasteiger partial charge in [-0.25, -0.2) is 0 Å². The maximum Gasteiger partial charge on any atom is 0.237 e. The Kier molecular flexibility index (Phi) is 4.16. The Morgan fingerprint density at radius 2 is 2.44 bits per heavy atom. The van der Waals surface area contributed by atoms with E-state index in [1.807, 2.05) is 22.9 Å². The smallest absolute Gasteiger partial charge is 0.237 e. The molecule has 2 rings (SSSR count). The number of imidazole rings is 1. The van der Waals surface area contributed by atoms with E-state index < -0.39 is 0 Å². The van der Waals surface area contributed by atoms with Crippen LogP contribution in [0.2, 0.25) is 0 Å². The summed E-state index contributed by atoms with van der Waals surface area (Å²) >= 11 is 1.55. The molecule has 6 nitrogen and oxygen atoms in total. The SMILES string of the molecule is CCNC(=O)CNCc1c(OC)nc2sccn12. The number of hydrogen-bond donors (Lipinski definition) is 2. The van der Waals surface area contributed by atoms with Crippen molar-refractivity contribution in [3.8, 4) is 5.88 Å². The molecule has 7 heteroatoms. The minimum atomic E-state index is -0.0115. The summed E-state index contributed by atoms with van der Waals surface area (Å²) in [5.41, 5.74) is 0.929. The second-order valence-corrected chi connectivity index (χ2v) is 4.55. The number of aromatic nitrogens is 2. The van der Waals surface area contributed by atoms with Gasteiger partial charge in [-0.1, -0.05) is 0 Å². The summed E-state index contributed by atoms with van der Waals surface area (Å²) in [6.45, 7) is 3.37. The number of amides is 1. The maximum absolute atomic E-state index is 11.3. The Morgan fingerprint density at radius 3 is 3.17 bits per heavy atom. The first kappa shape index (κ1) is 12.8. The van der Waals surface area contributed by atoms with Crippen molar-refractivity contribution in [1.82, 2.24) is 20.0 Å². The zero-order chi connectivity index (χ0) is 13.0. The predicted octanol–water partition coefficient (Wildman–Crippen LogP) is 0.630. The number of rotatable bonds is 6. The van der Waals surface area contributed by atoms with Gasteiger partial charge in [0.1, 0.15) is 5.69 Å². The first-order chi connectivity index (χ1) is 8.76. The Bertz CT molecular complexity index is 534. The molecular formula is C11H16N4O2S. The number of methoxy groups -OCH3 is 1. The molecule has 2 aromatic rings. The molecule has 2 heterocycles. The summed E-state index contributed by atoms with van der Waals surface area (Å²) in [5, 5.41) is 7.78. The summed E-state index contributed by atoms with van der Waals surface area (Å²) in [6.07, 6.45) is 1.94. The van der Waals surface area contributed by atoms with Gasteiger partial charge in [0.2, 0.25) is 11.8 Å². The summed E-state index contributed by atoms with van der Waals surface area (Å²) < 4.78 is 7.19. The number of carbonyl (C=O) groups excluding carboxylic acids is 1. The van der Waals surface area contributed by atoms with Crippen LogP contribution >= 0.6 is 11.3 Å². The average Bonchev–Trinajstić information content (AvgIpc) is 2.91. The molecule has 0 saturated heterocycles. The van der Waals surface area contributed by atoms with Crippen LogP contribution in [-0.2, 0) is 11.3 Å². The van der Waals surface area contributed by atoms with Crippen molar-refractivity contribution in [2.75, 3.05) is 20.2 Å². The largest absolute Gasteiger partial charge is 0.480 e. The molecule has 1 amide bonds. The fraction of sp³-hybridized carbons (Fsp3) is 0.455. The van der Waals surface area contributed by atoms with Crippen LogP contribution in [0.3, 0.4) is 0 Å². The van der Waals surface area contributed by atoms with Crippen LogP contribution in [-0.4, -0.2) is 35.5 Å². The zero-order valence-electron chi connectivity index (χ0n) is 10.4. The van der Waals surface area contributed by atoms with E-state index in [1.54, 1.807) is 18.4 Å². The fourth-order valence-electron chi connectivity index (χ4n) is 1.69. The van der Waals surface area contributed by atoms with Crippen LogP contribution < -0.4 is 15.4 Å². The van der Waals surface area contributed by atoms with Gasteiger partial charge in [-0.2, -0.15) is 4.98 Å². The van der Waals surface area contributed by atoms with Gasteiger partial charge in [-0.05, 0) is 6.92 Å². The van der Waals surface area contributed by atoms with Crippen molar-refractivity contribution < 1.29 is 9.53 Å². The molecule has 0 aliphatic carbocycles. The van der Waals surface area contributed by atoms with Gasteiger partial charge in [0, 0.05) is 24.7 Å². The van der Waals surface area contributed by atoms with E-state index >= 15 is 0 Å². The van der Waals surface area contributed by atoms with Crippen molar-refractivity contribution >= 4 is 22.2 Å². The van der Waals surface area contributed by atoms with Gasteiger partial charge in [0.05, 0.1) is 13.7 Å². The third-order valence-electron chi connectivity index (χ3n) is 2.47. The van der Waals surface area contributed by atoms with E-state index in [4.69, 9.17) is 4.74 Å². The number of fused-ring (bicyclic) bond motifs is 1. The molecule has 18 heavy (non-hydrogen) atoms. The van der Waals surface area contributed by atoms with Crippen molar-refractivity contribution in [2.45, 2.75) is 13.5 Å². The van der Waals surface area contributed by atoms with Gasteiger partial charge in [-0.15, -0.1) is 11.3 Å². The second-order valence-electron chi connectivity index (χ2n) is 3.68. The van der Waals surface area contributed by atoms with E-state index in [2.05, 4.69) is 15.6 Å². The van der Waals surface area contributed by atoms with E-state index in [0.29, 0.717) is 19.0 Å². The highest BCUT2D eigenvalue weighted by Crippen LogP contribution is 2.22. The third kappa shape index (κ3) is 2.62. The summed E-state index contributed by atoms with van der Waals surface area (Å²) in [6, 6.07) is 0. The molecule has 0 fully saturated rings. The monoisotopic (exact) mass is 268 g/mol. The summed E-state index contributed by atoms with van der Waals surface area (Å²) in [4.78, 5) is 16.5. The second kappa shape index (κ2) is 5.83. The quantitative estimate of drug-likeness (QED) is 0.806. The lowest BCUT2D eigenvalue weighted by atomic mass is 10.4. The number of nitrogens with one attached hydrogen (secondary N) is 2. The lowest BCUT2D eigenvalue weighted by Crippen LogP contribution is -2.33. The molecule has 2 N–H and O–H groups in total. The summed E-state index contributed by atoms with van der Waals surface area (Å²) in [5.74, 6) is 0.591. The van der Waals surface area contributed by atoms with Crippen LogP contribution in [0.1, 0.15) is 12.6 Å². The highest BCUT2D eigenvalue weighted by Gasteiger charge is 2.13. The number of ether oxygens (including phenoxy) is 1. The highest BCUT2D eigenvalue weighted by atomic mass is 32.1. The van der Waals surface area contributed by atoms with Crippen molar-refractivity contribution in [2.24, 2.45) is 0 Å². The highest BCUT2D eigenvalue weighted by molar-refractivity contribution is 7.15. The topological polar surface area (TPSA) is 67.7 Å². The first-order valence-corrected chi connectivity index (χ1v) is 6.60. The van der Waals surface area contributed by atoms with Gasteiger partial charge in [0.25, 0.3) is 0 Å². The minimum Gasteiger partial charge on any atom is -0.480 e. The van der Waals surface area contributed by atoms with Crippen molar-refractivity contribution in [3.05, 3.63) is 17.3 Å². The number of hydrogen-bond acceptors (Lipinski definition) is 5. The summed E-state index contributed by atoms with van der Waals surface area (Å²) in [7, 11) is 1.60. The molecule has 2 aromatic heterocycles. The fourth-order valence-corrected chi connectivity index (χ4v) is 2.42. The number of carbonyl (C=O) groups is 1. The third-order valence-corrected chi connectivity index (χ3v) is 3.23. The average molecular weight is 268 g/mol. The normalized spacial score (nSPS) is 10.8. The van der Waals surface area contributed by atoms with Crippen molar-refractivity contribution in [1.29, 1.82) is 0 Å². The molecule has 0 saturated carbocycles. The first-order valence-electron chi connectivity index (χ1n) is 5.72. The molecule has 0 radical (unpaired) electrons. The molecule has 0 unspecified atom stereocenters. The van der Waals surface area contributed by atoms with Gasteiger partial charge in [-0.3, -0.25) is 9.20 Å². The molecule has 0 bridgehead atoms. The van der Waals surface area contributed by atoms with Crippen LogP contribution in [0.25, 0.3) is 4.96 Å². The van der Waals surface area contributed by atoms with Crippen LogP contribution in [0.5, 0.6) is 5.88 Å². The van der Waals surface area contributed by atoms with Crippen molar-refractivity contribution in [3.63, 3.8) is 0 Å². The molecule has 0 aliphatic rings. The Balaban J connectivity index is 2.01. The number of nitrogens with zero attached hydrogens (tertiary/aromatic N) is 2. The molecule has 0 spiro atoms. The predicted molar refractivity (Wildman–Crippen MR) is 70.0 cm³/mol. The Morgan fingerprint density at radius 1 is 1.61 bits per heavy atom. The van der Waals surface area contributed by atoms with E-state index in [-0.39, 0.29) is 12.5 Å². The Hall–Kier alpha value is -1.60. The zero-order valence-corrected chi connectivity index (χ0v) is 11.2. The minimum absolute atomic E-state index is 0.0115. The van der Waals surface area contributed by atoms with Gasteiger partial charge in [0.15, 0.2) is 4.96 Å². The van der Waals surface area contributed by atoms with Gasteiger partial charge >= 0.3 is 0 Å².